The molecule has 4 nitrogen and oxygen atoms in total. The molecule has 4 heteroatoms. The molecule has 1 aromatic heterocycles. The maximum absolute atomic E-state index is 5.49. The SMILES string of the molecule is CNCCc1coc(CC2CCCCN2)n1. The Kier molecular flexibility index (Phi) is 4.36. The lowest BCUT2D eigenvalue weighted by Crippen LogP contribution is -2.35. The van der Waals surface area contributed by atoms with Crippen molar-refractivity contribution in [3.8, 4) is 0 Å². The molecule has 1 aromatic rings. The van der Waals surface area contributed by atoms with Crippen LogP contribution in [0.3, 0.4) is 0 Å². The number of nitrogens with zero attached hydrogens (tertiary/aromatic N) is 1. The fraction of sp³-hybridized carbons (Fsp3) is 0.750. The molecule has 0 saturated carbocycles. The molecule has 1 atom stereocenters. The fourth-order valence-electron chi connectivity index (χ4n) is 2.12. The van der Waals surface area contributed by atoms with Gasteiger partial charge < -0.3 is 15.1 Å². The topological polar surface area (TPSA) is 50.1 Å². The molecule has 0 aromatic carbocycles. The smallest absolute Gasteiger partial charge is 0.195 e. The molecule has 0 aliphatic carbocycles. The molecule has 16 heavy (non-hydrogen) atoms. The van der Waals surface area contributed by atoms with Crippen LogP contribution in [0.4, 0.5) is 0 Å². The molecule has 1 fully saturated rings. The summed E-state index contributed by atoms with van der Waals surface area (Å²) in [5.41, 5.74) is 1.06. The van der Waals surface area contributed by atoms with Crippen molar-refractivity contribution < 1.29 is 4.42 Å². The Bertz CT molecular complexity index is 305. The van der Waals surface area contributed by atoms with E-state index in [2.05, 4.69) is 15.6 Å². The van der Waals surface area contributed by atoms with Crippen LogP contribution in [0.5, 0.6) is 0 Å². The van der Waals surface area contributed by atoms with E-state index in [-0.39, 0.29) is 0 Å². The number of hydrogen-bond acceptors (Lipinski definition) is 4. The van der Waals surface area contributed by atoms with Gasteiger partial charge >= 0.3 is 0 Å². The number of likely N-dealkylation sites (N-methyl/N-ethyl adjacent to an activating group) is 1. The molecule has 1 saturated heterocycles. The molecule has 1 aliphatic rings. The van der Waals surface area contributed by atoms with E-state index >= 15 is 0 Å². The summed E-state index contributed by atoms with van der Waals surface area (Å²) in [6.45, 7) is 2.09. The number of aromatic nitrogens is 1. The van der Waals surface area contributed by atoms with Gasteiger partial charge in [0.25, 0.3) is 0 Å². The largest absolute Gasteiger partial charge is 0.449 e. The van der Waals surface area contributed by atoms with Gasteiger partial charge in [-0.1, -0.05) is 6.42 Å². The molecular weight excluding hydrogens is 202 g/mol. The van der Waals surface area contributed by atoms with Gasteiger partial charge in [-0.05, 0) is 26.4 Å². The van der Waals surface area contributed by atoms with Crippen LogP contribution >= 0.6 is 0 Å². The summed E-state index contributed by atoms with van der Waals surface area (Å²) >= 11 is 0. The normalized spacial score (nSPS) is 21.2. The van der Waals surface area contributed by atoms with E-state index in [1.807, 2.05) is 7.05 Å². The number of hydrogen-bond donors (Lipinski definition) is 2. The minimum absolute atomic E-state index is 0.560. The standard InChI is InChI=1S/C12H21N3O/c1-13-7-5-11-9-16-12(15-11)8-10-4-2-3-6-14-10/h9-10,13-14H,2-8H2,1H3. The first-order chi connectivity index (χ1) is 7.88. The summed E-state index contributed by atoms with van der Waals surface area (Å²) in [6, 6.07) is 0.560. The number of piperidine rings is 1. The summed E-state index contributed by atoms with van der Waals surface area (Å²) in [6.07, 6.45) is 7.53. The molecule has 0 bridgehead atoms. The van der Waals surface area contributed by atoms with Crippen molar-refractivity contribution in [1.82, 2.24) is 15.6 Å². The average molecular weight is 223 g/mol. The number of rotatable bonds is 5. The zero-order chi connectivity index (χ0) is 11.2. The lowest BCUT2D eigenvalue weighted by molar-refractivity contribution is 0.367. The van der Waals surface area contributed by atoms with Crippen LogP contribution in [0.2, 0.25) is 0 Å². The van der Waals surface area contributed by atoms with Crippen molar-refractivity contribution in [2.45, 2.75) is 38.1 Å². The van der Waals surface area contributed by atoms with E-state index in [9.17, 15) is 0 Å². The van der Waals surface area contributed by atoms with Crippen LogP contribution in [0.15, 0.2) is 10.7 Å². The predicted octanol–water partition coefficient (Wildman–Crippen LogP) is 1.12. The third-order valence-electron chi connectivity index (χ3n) is 3.06. The molecule has 1 unspecified atom stereocenters. The van der Waals surface area contributed by atoms with Crippen molar-refractivity contribution in [2.75, 3.05) is 20.1 Å². The minimum Gasteiger partial charge on any atom is -0.449 e. The van der Waals surface area contributed by atoms with Crippen LogP contribution < -0.4 is 10.6 Å². The predicted molar refractivity (Wildman–Crippen MR) is 63.5 cm³/mol. The zero-order valence-corrected chi connectivity index (χ0v) is 9.96. The molecule has 0 radical (unpaired) electrons. The van der Waals surface area contributed by atoms with E-state index in [0.717, 1.165) is 37.5 Å². The van der Waals surface area contributed by atoms with E-state index in [4.69, 9.17) is 4.42 Å². The molecule has 0 amide bonds. The third-order valence-corrected chi connectivity index (χ3v) is 3.06. The second kappa shape index (κ2) is 6.01. The van der Waals surface area contributed by atoms with Crippen molar-refractivity contribution in [1.29, 1.82) is 0 Å². The van der Waals surface area contributed by atoms with E-state index in [0.29, 0.717) is 6.04 Å². The maximum Gasteiger partial charge on any atom is 0.195 e. The average Bonchev–Trinajstić information content (AvgIpc) is 2.75. The van der Waals surface area contributed by atoms with Crippen LogP contribution in [0.25, 0.3) is 0 Å². The first-order valence-corrected chi connectivity index (χ1v) is 6.20. The first-order valence-electron chi connectivity index (χ1n) is 6.20. The summed E-state index contributed by atoms with van der Waals surface area (Å²) in [4.78, 5) is 4.50. The maximum atomic E-state index is 5.49. The van der Waals surface area contributed by atoms with E-state index in [1.54, 1.807) is 6.26 Å². The van der Waals surface area contributed by atoms with Gasteiger partial charge in [0, 0.05) is 25.4 Å². The Morgan fingerprint density at radius 2 is 2.50 bits per heavy atom. The van der Waals surface area contributed by atoms with E-state index in [1.165, 1.54) is 19.3 Å². The van der Waals surface area contributed by atoms with Gasteiger partial charge in [-0.15, -0.1) is 0 Å². The van der Waals surface area contributed by atoms with E-state index < -0.39 is 0 Å². The third kappa shape index (κ3) is 3.32. The van der Waals surface area contributed by atoms with Crippen LogP contribution in [-0.4, -0.2) is 31.2 Å². The molecule has 2 N–H and O–H groups in total. The van der Waals surface area contributed by atoms with Crippen LogP contribution in [0, 0.1) is 0 Å². The highest BCUT2D eigenvalue weighted by molar-refractivity contribution is 4.99. The van der Waals surface area contributed by atoms with Crippen LogP contribution in [0.1, 0.15) is 30.8 Å². The van der Waals surface area contributed by atoms with Gasteiger partial charge in [0.05, 0.1) is 5.69 Å². The Hall–Kier alpha value is -0.870. The Morgan fingerprint density at radius 1 is 1.56 bits per heavy atom. The molecule has 90 valence electrons. The van der Waals surface area contributed by atoms with Gasteiger partial charge in [0.2, 0.25) is 0 Å². The highest BCUT2D eigenvalue weighted by Gasteiger charge is 2.15. The number of oxazole rings is 1. The molecule has 2 heterocycles. The van der Waals surface area contributed by atoms with Crippen molar-refractivity contribution in [3.63, 3.8) is 0 Å². The lowest BCUT2D eigenvalue weighted by atomic mass is 10.0. The molecular formula is C12H21N3O. The van der Waals surface area contributed by atoms with Crippen molar-refractivity contribution in [3.05, 3.63) is 17.8 Å². The van der Waals surface area contributed by atoms with Crippen molar-refractivity contribution >= 4 is 0 Å². The summed E-state index contributed by atoms with van der Waals surface area (Å²) in [7, 11) is 1.95. The number of nitrogens with one attached hydrogen (secondary N) is 2. The molecule has 1 aliphatic heterocycles. The molecule has 2 rings (SSSR count). The second-order valence-corrected chi connectivity index (χ2v) is 4.44. The highest BCUT2D eigenvalue weighted by atomic mass is 16.3. The summed E-state index contributed by atoms with van der Waals surface area (Å²) < 4.78 is 5.49. The summed E-state index contributed by atoms with van der Waals surface area (Å²) in [5, 5.41) is 6.62. The molecule has 0 spiro atoms. The van der Waals surface area contributed by atoms with Crippen molar-refractivity contribution in [2.24, 2.45) is 0 Å². The zero-order valence-electron chi connectivity index (χ0n) is 9.96. The Labute approximate surface area is 96.8 Å². The quantitative estimate of drug-likeness (QED) is 0.785. The lowest BCUT2D eigenvalue weighted by Gasteiger charge is -2.21. The highest BCUT2D eigenvalue weighted by Crippen LogP contribution is 2.12. The monoisotopic (exact) mass is 223 g/mol. The van der Waals surface area contributed by atoms with Gasteiger partial charge in [0.1, 0.15) is 6.26 Å². The fourth-order valence-corrected chi connectivity index (χ4v) is 2.12. The summed E-state index contributed by atoms with van der Waals surface area (Å²) in [5.74, 6) is 0.880. The van der Waals surface area contributed by atoms with Gasteiger partial charge in [0.15, 0.2) is 5.89 Å². The Morgan fingerprint density at radius 3 is 3.25 bits per heavy atom. The van der Waals surface area contributed by atoms with Gasteiger partial charge in [-0.25, -0.2) is 4.98 Å². The van der Waals surface area contributed by atoms with Crippen LogP contribution in [-0.2, 0) is 12.8 Å². The second-order valence-electron chi connectivity index (χ2n) is 4.44. The minimum atomic E-state index is 0.560. The first kappa shape index (κ1) is 11.6. The Balaban J connectivity index is 1.81. The van der Waals surface area contributed by atoms with Gasteiger partial charge in [-0.2, -0.15) is 0 Å². The van der Waals surface area contributed by atoms with Gasteiger partial charge in [-0.3, -0.25) is 0 Å².